The Morgan fingerprint density at radius 1 is 0.846 bits per heavy atom. The highest BCUT2D eigenvalue weighted by atomic mass is 35.5. The summed E-state index contributed by atoms with van der Waals surface area (Å²) in [5, 5.41) is 0.441. The highest BCUT2D eigenvalue weighted by Gasteiger charge is 2.27. The molecular weight excluding hydrogens is 356 g/mol. The molecule has 2 aromatic rings. The van der Waals surface area contributed by atoms with E-state index < -0.39 is 0 Å². The molecule has 0 saturated carbocycles. The normalized spacial score (nSPS) is 15.9. The fourth-order valence-corrected chi connectivity index (χ4v) is 3.35. The quantitative estimate of drug-likeness (QED) is 0.813. The number of amides is 2. The molecule has 0 spiro atoms. The van der Waals surface area contributed by atoms with Crippen LogP contribution in [-0.4, -0.2) is 54.6 Å². The van der Waals surface area contributed by atoms with Gasteiger partial charge in [0, 0.05) is 31.7 Å². The summed E-state index contributed by atoms with van der Waals surface area (Å²) in [6, 6.07) is 12.2. The Hall–Kier alpha value is -2.73. The lowest BCUT2D eigenvalue weighted by atomic mass is 10.1. The molecule has 26 heavy (non-hydrogen) atoms. The second-order valence-electron chi connectivity index (χ2n) is 6.13. The van der Waals surface area contributed by atoms with Gasteiger partial charge in [0.25, 0.3) is 11.8 Å². The minimum absolute atomic E-state index is 0.0758. The third-order valence-electron chi connectivity index (χ3n) is 4.58. The van der Waals surface area contributed by atoms with Crippen LogP contribution < -0.4 is 9.47 Å². The van der Waals surface area contributed by atoms with E-state index in [1.807, 2.05) is 0 Å². The zero-order valence-corrected chi connectivity index (χ0v) is 14.7. The molecule has 0 unspecified atom stereocenters. The molecule has 1 fully saturated rings. The number of benzene rings is 2. The molecule has 7 heteroatoms. The third-order valence-corrected chi connectivity index (χ3v) is 4.91. The Labute approximate surface area is 155 Å². The average molecular weight is 373 g/mol. The van der Waals surface area contributed by atoms with Gasteiger partial charge in [-0.2, -0.15) is 0 Å². The first-order chi connectivity index (χ1) is 12.6. The zero-order chi connectivity index (χ0) is 18.1. The van der Waals surface area contributed by atoms with Crippen molar-refractivity contribution in [2.75, 3.05) is 33.0 Å². The van der Waals surface area contributed by atoms with E-state index in [2.05, 4.69) is 0 Å². The van der Waals surface area contributed by atoms with Crippen LogP contribution in [0, 0.1) is 0 Å². The summed E-state index contributed by atoms with van der Waals surface area (Å²) in [6.07, 6.45) is 0. The number of hydrogen-bond acceptors (Lipinski definition) is 4. The first-order valence-corrected chi connectivity index (χ1v) is 8.74. The van der Waals surface area contributed by atoms with Crippen LogP contribution in [0.2, 0.25) is 5.02 Å². The maximum atomic E-state index is 12.7. The first-order valence-electron chi connectivity index (χ1n) is 8.36. The molecule has 0 aliphatic carbocycles. The van der Waals surface area contributed by atoms with E-state index in [9.17, 15) is 9.59 Å². The number of carbonyl (C=O) groups is 2. The summed E-state index contributed by atoms with van der Waals surface area (Å²) in [4.78, 5) is 28.8. The minimum atomic E-state index is -0.106. The van der Waals surface area contributed by atoms with Crippen LogP contribution in [0.4, 0.5) is 0 Å². The van der Waals surface area contributed by atoms with Gasteiger partial charge >= 0.3 is 0 Å². The number of nitrogens with zero attached hydrogens (tertiary/aromatic N) is 2. The largest absolute Gasteiger partial charge is 0.454 e. The second-order valence-corrected chi connectivity index (χ2v) is 6.54. The first kappa shape index (κ1) is 16.7. The molecule has 6 nitrogen and oxygen atoms in total. The van der Waals surface area contributed by atoms with Crippen LogP contribution in [0.3, 0.4) is 0 Å². The maximum absolute atomic E-state index is 12.7. The van der Waals surface area contributed by atoms with E-state index in [0.717, 1.165) is 0 Å². The monoisotopic (exact) mass is 372 g/mol. The number of rotatable bonds is 2. The molecule has 2 aromatic carbocycles. The van der Waals surface area contributed by atoms with E-state index in [-0.39, 0.29) is 18.6 Å². The van der Waals surface area contributed by atoms with Crippen molar-refractivity contribution in [1.29, 1.82) is 0 Å². The molecule has 1 saturated heterocycles. The lowest BCUT2D eigenvalue weighted by molar-refractivity contribution is 0.0535. The summed E-state index contributed by atoms with van der Waals surface area (Å²) in [6.45, 7) is 2.07. The number of fused-ring (bicyclic) bond motifs is 1. The molecule has 0 radical (unpaired) electrons. The van der Waals surface area contributed by atoms with Crippen molar-refractivity contribution in [2.45, 2.75) is 0 Å². The summed E-state index contributed by atoms with van der Waals surface area (Å²) in [5.74, 6) is 1.05. The molecule has 0 bridgehead atoms. The van der Waals surface area contributed by atoms with Gasteiger partial charge in [0.15, 0.2) is 11.5 Å². The number of piperazine rings is 1. The highest BCUT2D eigenvalue weighted by Crippen LogP contribution is 2.32. The fourth-order valence-electron chi connectivity index (χ4n) is 3.13. The van der Waals surface area contributed by atoms with E-state index in [0.29, 0.717) is 53.8 Å². The van der Waals surface area contributed by atoms with Gasteiger partial charge in [-0.25, -0.2) is 0 Å². The Morgan fingerprint density at radius 3 is 2.23 bits per heavy atom. The molecule has 4 rings (SSSR count). The highest BCUT2D eigenvalue weighted by molar-refractivity contribution is 6.33. The predicted molar refractivity (Wildman–Crippen MR) is 95.8 cm³/mol. The average Bonchev–Trinajstić information content (AvgIpc) is 3.15. The van der Waals surface area contributed by atoms with E-state index in [1.165, 1.54) is 0 Å². The summed E-state index contributed by atoms with van der Waals surface area (Å²) < 4.78 is 10.6. The van der Waals surface area contributed by atoms with Gasteiger partial charge in [0.05, 0.1) is 10.6 Å². The fraction of sp³-hybridized carbons (Fsp3) is 0.263. The Morgan fingerprint density at radius 2 is 1.50 bits per heavy atom. The molecule has 2 amide bonds. The van der Waals surface area contributed by atoms with Crippen molar-refractivity contribution in [3.63, 3.8) is 0 Å². The SMILES string of the molecule is O=C(c1ccc2c(c1)OCO2)N1CCN(C(=O)c2ccccc2Cl)CC1. The van der Waals surface area contributed by atoms with Crippen LogP contribution in [0.1, 0.15) is 20.7 Å². The number of carbonyl (C=O) groups excluding carboxylic acids is 2. The van der Waals surface area contributed by atoms with Gasteiger partial charge in [0.1, 0.15) is 0 Å². The molecule has 0 aromatic heterocycles. The van der Waals surface area contributed by atoms with E-state index >= 15 is 0 Å². The molecule has 134 valence electrons. The molecule has 0 N–H and O–H groups in total. The smallest absolute Gasteiger partial charge is 0.255 e. The van der Waals surface area contributed by atoms with Gasteiger partial charge in [-0.05, 0) is 30.3 Å². The van der Waals surface area contributed by atoms with Crippen molar-refractivity contribution < 1.29 is 19.1 Å². The Balaban J connectivity index is 1.41. The second kappa shape index (κ2) is 6.88. The standard InChI is InChI=1S/C19H17ClN2O4/c20-15-4-2-1-3-14(15)19(24)22-9-7-21(8-10-22)18(23)13-5-6-16-17(11-13)26-12-25-16/h1-6,11H,7-10,12H2. The molecule has 2 heterocycles. The van der Waals surface area contributed by atoms with Crippen LogP contribution in [0.15, 0.2) is 42.5 Å². The molecule has 0 atom stereocenters. The maximum Gasteiger partial charge on any atom is 0.255 e. The van der Waals surface area contributed by atoms with Gasteiger partial charge < -0.3 is 19.3 Å². The van der Waals surface area contributed by atoms with Crippen molar-refractivity contribution in [1.82, 2.24) is 9.80 Å². The number of hydrogen-bond donors (Lipinski definition) is 0. The van der Waals surface area contributed by atoms with E-state index in [4.69, 9.17) is 21.1 Å². The van der Waals surface area contributed by atoms with E-state index in [1.54, 1.807) is 52.3 Å². The number of halogens is 1. The van der Waals surface area contributed by atoms with Crippen LogP contribution >= 0.6 is 11.6 Å². The Kier molecular flexibility index (Phi) is 4.42. The van der Waals surface area contributed by atoms with Crippen LogP contribution in [0.25, 0.3) is 0 Å². The van der Waals surface area contributed by atoms with Crippen molar-refractivity contribution in [2.24, 2.45) is 0 Å². The Bertz CT molecular complexity index is 862. The minimum Gasteiger partial charge on any atom is -0.454 e. The third kappa shape index (κ3) is 3.08. The predicted octanol–water partition coefficient (Wildman–Crippen LogP) is 2.67. The molecule has 2 aliphatic heterocycles. The van der Waals surface area contributed by atoms with Crippen molar-refractivity contribution >= 4 is 23.4 Å². The summed E-state index contributed by atoms with van der Waals surface area (Å²) >= 11 is 6.11. The molecule has 2 aliphatic rings. The number of ether oxygens (including phenoxy) is 2. The van der Waals surface area contributed by atoms with Crippen molar-refractivity contribution in [3.05, 3.63) is 58.6 Å². The topological polar surface area (TPSA) is 59.1 Å². The van der Waals surface area contributed by atoms with Gasteiger partial charge in [0.2, 0.25) is 6.79 Å². The molecular formula is C19H17ClN2O4. The zero-order valence-electron chi connectivity index (χ0n) is 14.0. The van der Waals surface area contributed by atoms with Gasteiger partial charge in [-0.3, -0.25) is 9.59 Å². The lowest BCUT2D eigenvalue weighted by Crippen LogP contribution is -2.50. The lowest BCUT2D eigenvalue weighted by Gasteiger charge is -2.35. The van der Waals surface area contributed by atoms with Crippen LogP contribution in [0.5, 0.6) is 11.5 Å². The van der Waals surface area contributed by atoms with Crippen molar-refractivity contribution in [3.8, 4) is 11.5 Å². The van der Waals surface area contributed by atoms with Gasteiger partial charge in [-0.15, -0.1) is 0 Å². The summed E-state index contributed by atoms with van der Waals surface area (Å²) in [7, 11) is 0. The van der Waals surface area contributed by atoms with Crippen LogP contribution in [-0.2, 0) is 0 Å². The summed E-state index contributed by atoms with van der Waals surface area (Å²) in [5.41, 5.74) is 1.05. The van der Waals surface area contributed by atoms with Gasteiger partial charge in [-0.1, -0.05) is 23.7 Å².